The molecule has 2 aliphatic carbocycles. The van der Waals surface area contributed by atoms with Crippen LogP contribution < -0.4 is 5.32 Å². The molecular weight excluding hydrogens is 301 g/mol. The van der Waals surface area contributed by atoms with E-state index in [-0.39, 0.29) is 0 Å². The zero-order valence-corrected chi connectivity index (χ0v) is 14.3. The molecule has 3 heteroatoms. The van der Waals surface area contributed by atoms with Gasteiger partial charge in [0, 0.05) is 16.1 Å². The molecule has 116 valence electrons. The summed E-state index contributed by atoms with van der Waals surface area (Å²) in [4.78, 5) is 0. The van der Waals surface area contributed by atoms with Crippen molar-refractivity contribution in [1.29, 1.82) is 0 Å². The maximum Gasteiger partial charge on any atom is 0.0468 e. The summed E-state index contributed by atoms with van der Waals surface area (Å²) < 4.78 is 0. The van der Waals surface area contributed by atoms with Crippen LogP contribution in [0.25, 0.3) is 0 Å². The third kappa shape index (κ3) is 3.41. The minimum Gasteiger partial charge on any atom is -0.313 e. The standard InChI is InChI=1S/C18H25Cl2N/c1-21-18(16-9-8-15(19)11-17(16)20)14-7-6-12-4-2-3-5-13(12)10-14/h8-9,11-14,18,21H,2-7,10H2,1H3. The molecule has 0 amide bonds. The fourth-order valence-corrected chi connectivity index (χ4v) is 5.14. The van der Waals surface area contributed by atoms with E-state index in [4.69, 9.17) is 23.2 Å². The SMILES string of the molecule is CNC(c1ccc(Cl)cc1Cl)C1CCC2CCCCC2C1. The van der Waals surface area contributed by atoms with Gasteiger partial charge in [-0.05, 0) is 61.8 Å². The fraction of sp³-hybridized carbons (Fsp3) is 0.667. The Labute approximate surface area is 138 Å². The number of nitrogens with one attached hydrogen (secondary N) is 1. The van der Waals surface area contributed by atoms with Gasteiger partial charge in [0.25, 0.3) is 0 Å². The van der Waals surface area contributed by atoms with E-state index in [0.717, 1.165) is 21.9 Å². The Hall–Kier alpha value is -0.240. The van der Waals surface area contributed by atoms with Crippen LogP contribution in [0.5, 0.6) is 0 Å². The lowest BCUT2D eigenvalue weighted by atomic mass is 9.65. The van der Waals surface area contributed by atoms with Crippen molar-refractivity contribution in [2.45, 2.75) is 51.0 Å². The van der Waals surface area contributed by atoms with Crippen molar-refractivity contribution in [2.75, 3.05) is 7.05 Å². The zero-order chi connectivity index (χ0) is 14.8. The molecular formula is C18H25Cl2N. The largest absolute Gasteiger partial charge is 0.313 e. The summed E-state index contributed by atoms with van der Waals surface area (Å²) in [6, 6.07) is 6.28. The molecule has 0 radical (unpaired) electrons. The van der Waals surface area contributed by atoms with Gasteiger partial charge in [-0.3, -0.25) is 0 Å². The van der Waals surface area contributed by atoms with Crippen molar-refractivity contribution < 1.29 is 0 Å². The number of hydrogen-bond acceptors (Lipinski definition) is 1. The summed E-state index contributed by atoms with van der Waals surface area (Å²) in [5.41, 5.74) is 1.21. The molecule has 0 bridgehead atoms. The van der Waals surface area contributed by atoms with Gasteiger partial charge in [-0.1, -0.05) is 55.0 Å². The number of halogens is 2. The van der Waals surface area contributed by atoms with E-state index in [1.165, 1.54) is 50.5 Å². The highest BCUT2D eigenvalue weighted by Crippen LogP contribution is 2.46. The Morgan fingerprint density at radius 1 is 1.05 bits per heavy atom. The first-order chi connectivity index (χ1) is 10.2. The molecule has 0 saturated heterocycles. The van der Waals surface area contributed by atoms with E-state index in [1.54, 1.807) is 0 Å². The van der Waals surface area contributed by atoms with E-state index in [2.05, 4.69) is 18.4 Å². The van der Waals surface area contributed by atoms with Gasteiger partial charge in [0.05, 0.1) is 0 Å². The van der Waals surface area contributed by atoms with E-state index in [9.17, 15) is 0 Å². The van der Waals surface area contributed by atoms with Crippen molar-refractivity contribution in [3.63, 3.8) is 0 Å². The Balaban J connectivity index is 1.77. The van der Waals surface area contributed by atoms with Crippen LogP contribution in [0.4, 0.5) is 0 Å². The van der Waals surface area contributed by atoms with Gasteiger partial charge in [-0.25, -0.2) is 0 Å². The molecule has 4 unspecified atom stereocenters. The average Bonchev–Trinajstić information content (AvgIpc) is 2.50. The van der Waals surface area contributed by atoms with Crippen LogP contribution in [-0.2, 0) is 0 Å². The average molecular weight is 326 g/mol. The molecule has 0 heterocycles. The second-order valence-corrected chi connectivity index (χ2v) is 7.65. The molecule has 1 aromatic rings. The first kappa shape index (κ1) is 15.6. The number of fused-ring (bicyclic) bond motifs is 1. The summed E-state index contributed by atoms with van der Waals surface area (Å²) >= 11 is 12.5. The van der Waals surface area contributed by atoms with E-state index in [0.29, 0.717) is 12.0 Å². The van der Waals surface area contributed by atoms with Crippen molar-refractivity contribution in [1.82, 2.24) is 5.32 Å². The van der Waals surface area contributed by atoms with Gasteiger partial charge in [0.2, 0.25) is 0 Å². The molecule has 2 fully saturated rings. The van der Waals surface area contributed by atoms with Crippen LogP contribution in [-0.4, -0.2) is 7.05 Å². The number of hydrogen-bond donors (Lipinski definition) is 1. The van der Waals surface area contributed by atoms with Gasteiger partial charge in [0.15, 0.2) is 0 Å². The van der Waals surface area contributed by atoms with Crippen LogP contribution in [0.3, 0.4) is 0 Å². The van der Waals surface area contributed by atoms with Crippen molar-refractivity contribution in [3.8, 4) is 0 Å². The maximum atomic E-state index is 6.44. The molecule has 2 saturated carbocycles. The van der Waals surface area contributed by atoms with Gasteiger partial charge in [0.1, 0.15) is 0 Å². The van der Waals surface area contributed by atoms with Gasteiger partial charge < -0.3 is 5.32 Å². The van der Waals surface area contributed by atoms with E-state index < -0.39 is 0 Å². The van der Waals surface area contributed by atoms with Gasteiger partial charge in [-0.2, -0.15) is 0 Å². The van der Waals surface area contributed by atoms with Crippen LogP contribution in [0.1, 0.15) is 56.6 Å². The number of rotatable bonds is 3. The Bertz CT molecular complexity index is 488. The predicted molar refractivity (Wildman–Crippen MR) is 91.1 cm³/mol. The third-order valence-corrected chi connectivity index (χ3v) is 6.22. The highest BCUT2D eigenvalue weighted by Gasteiger charge is 2.35. The normalized spacial score (nSPS) is 30.7. The second-order valence-electron chi connectivity index (χ2n) is 6.81. The minimum absolute atomic E-state index is 0.359. The first-order valence-corrected chi connectivity index (χ1v) is 9.07. The van der Waals surface area contributed by atoms with E-state index >= 15 is 0 Å². The summed E-state index contributed by atoms with van der Waals surface area (Å²) in [7, 11) is 2.06. The predicted octanol–water partition coefficient (Wildman–Crippen LogP) is 5.86. The van der Waals surface area contributed by atoms with Gasteiger partial charge >= 0.3 is 0 Å². The van der Waals surface area contributed by atoms with Gasteiger partial charge in [-0.15, -0.1) is 0 Å². The van der Waals surface area contributed by atoms with Crippen LogP contribution in [0.2, 0.25) is 10.0 Å². The Kier molecular flexibility index (Phi) is 5.14. The lowest BCUT2D eigenvalue weighted by molar-refractivity contribution is 0.111. The molecule has 0 aliphatic heterocycles. The van der Waals surface area contributed by atoms with Crippen molar-refractivity contribution >= 4 is 23.2 Å². The fourth-order valence-electron chi connectivity index (χ4n) is 4.61. The Morgan fingerprint density at radius 2 is 1.81 bits per heavy atom. The van der Waals surface area contributed by atoms with Crippen LogP contribution in [0, 0.1) is 17.8 Å². The second kappa shape index (κ2) is 6.89. The van der Waals surface area contributed by atoms with E-state index in [1.807, 2.05) is 12.1 Å². The summed E-state index contributed by atoms with van der Waals surface area (Å²) in [5, 5.41) is 5.03. The topological polar surface area (TPSA) is 12.0 Å². The molecule has 0 spiro atoms. The number of benzene rings is 1. The van der Waals surface area contributed by atoms with Crippen molar-refractivity contribution in [2.24, 2.45) is 17.8 Å². The maximum absolute atomic E-state index is 6.44. The van der Waals surface area contributed by atoms with Crippen LogP contribution in [0.15, 0.2) is 18.2 Å². The molecule has 2 aliphatic rings. The molecule has 0 aromatic heterocycles. The minimum atomic E-state index is 0.359. The summed E-state index contributed by atoms with van der Waals surface area (Å²) in [6.45, 7) is 0. The molecule has 1 nitrogen and oxygen atoms in total. The molecule has 21 heavy (non-hydrogen) atoms. The lowest BCUT2D eigenvalue weighted by Gasteiger charge is -2.42. The summed E-state index contributed by atoms with van der Waals surface area (Å²) in [5.74, 6) is 2.64. The summed E-state index contributed by atoms with van der Waals surface area (Å²) in [6.07, 6.45) is 9.86. The molecule has 1 N–H and O–H groups in total. The monoisotopic (exact) mass is 325 g/mol. The third-order valence-electron chi connectivity index (χ3n) is 5.66. The highest BCUT2D eigenvalue weighted by molar-refractivity contribution is 6.35. The van der Waals surface area contributed by atoms with Crippen molar-refractivity contribution in [3.05, 3.63) is 33.8 Å². The molecule has 1 aromatic carbocycles. The quantitative estimate of drug-likeness (QED) is 0.733. The van der Waals surface area contributed by atoms with Crippen LogP contribution >= 0.6 is 23.2 Å². The highest BCUT2D eigenvalue weighted by atomic mass is 35.5. The molecule has 4 atom stereocenters. The molecule has 3 rings (SSSR count). The first-order valence-electron chi connectivity index (χ1n) is 8.31. The Morgan fingerprint density at radius 3 is 2.52 bits per heavy atom. The zero-order valence-electron chi connectivity index (χ0n) is 12.7. The smallest absolute Gasteiger partial charge is 0.0468 e. The lowest BCUT2D eigenvalue weighted by Crippen LogP contribution is -2.34.